The summed E-state index contributed by atoms with van der Waals surface area (Å²) in [6, 6.07) is 10.6. The van der Waals surface area contributed by atoms with Gasteiger partial charge in [-0.3, -0.25) is 4.98 Å². The maximum Gasteiger partial charge on any atom is 0.123 e. The minimum Gasteiger partial charge on any atom is -0.380 e. The summed E-state index contributed by atoms with van der Waals surface area (Å²) < 4.78 is 25.0. The van der Waals surface area contributed by atoms with Crippen LogP contribution in [0, 0.1) is 23.1 Å². The minimum absolute atomic E-state index is 0.296. The molecule has 0 amide bonds. The van der Waals surface area contributed by atoms with Crippen LogP contribution in [0.2, 0.25) is 5.02 Å². The van der Waals surface area contributed by atoms with Crippen LogP contribution in [0.1, 0.15) is 62.9 Å². The van der Waals surface area contributed by atoms with Crippen molar-refractivity contribution in [3.8, 4) is 6.07 Å². The molecule has 0 saturated heterocycles. The van der Waals surface area contributed by atoms with Gasteiger partial charge in [-0.15, -0.1) is 5.10 Å². The molecule has 1 unspecified atom stereocenters. The molecule has 2 saturated carbocycles. The Morgan fingerprint density at radius 1 is 1.31 bits per heavy atom. The quantitative estimate of drug-likeness (QED) is 0.296. The summed E-state index contributed by atoms with van der Waals surface area (Å²) in [5.41, 5.74) is 3.12. The highest BCUT2D eigenvalue weighted by Crippen LogP contribution is 2.41. The van der Waals surface area contributed by atoms with Crippen LogP contribution in [0.15, 0.2) is 48.8 Å². The van der Waals surface area contributed by atoms with Gasteiger partial charge in [-0.2, -0.15) is 5.26 Å². The SMILES string of the molecule is [2H]C(Nc1cc(Cl)c2ncc(C#N)c(N[C@@H]3C[C@H]3CC)c2c1)(c1ccc(F)cc1)c1cn(C2CC2)nn1. The van der Waals surface area contributed by atoms with Crippen molar-refractivity contribution in [3.63, 3.8) is 0 Å². The minimum atomic E-state index is -1.57. The molecule has 182 valence electrons. The van der Waals surface area contributed by atoms with Crippen molar-refractivity contribution in [2.24, 2.45) is 5.92 Å². The first-order valence-electron chi connectivity index (χ1n) is 12.6. The second kappa shape index (κ2) is 9.07. The average Bonchev–Trinajstić information content (AvgIpc) is 3.82. The zero-order valence-electron chi connectivity index (χ0n) is 20.7. The Hall–Kier alpha value is -3.70. The summed E-state index contributed by atoms with van der Waals surface area (Å²) in [4.78, 5) is 4.44. The predicted molar refractivity (Wildman–Crippen MR) is 137 cm³/mol. The molecule has 4 aromatic rings. The van der Waals surface area contributed by atoms with Gasteiger partial charge in [0.25, 0.3) is 0 Å². The summed E-state index contributed by atoms with van der Waals surface area (Å²) in [7, 11) is 0. The molecule has 2 aromatic heterocycles. The van der Waals surface area contributed by atoms with E-state index < -0.39 is 11.8 Å². The lowest BCUT2D eigenvalue weighted by atomic mass is 10.0. The summed E-state index contributed by atoms with van der Waals surface area (Å²) >= 11 is 6.68. The van der Waals surface area contributed by atoms with E-state index in [-0.39, 0.29) is 0 Å². The summed E-state index contributed by atoms with van der Waals surface area (Å²) in [5, 5.41) is 26.2. The molecule has 0 radical (unpaired) electrons. The van der Waals surface area contributed by atoms with Crippen LogP contribution in [0.3, 0.4) is 0 Å². The van der Waals surface area contributed by atoms with Gasteiger partial charge in [-0.05, 0) is 55.0 Å². The molecule has 2 aliphatic rings. The molecular weight excluding hydrogens is 477 g/mol. The number of halogens is 2. The molecule has 0 aliphatic heterocycles. The maximum atomic E-state index is 13.8. The number of anilines is 2. The molecule has 2 fully saturated rings. The standard InChI is InChI=1S/C27H25ClFN7/c1-2-15-9-23(15)33-25-17(12-30)13-31-27-21(25)10-19(11-22(27)28)32-26(16-3-5-18(29)6-4-16)24-14-36(35-34-24)20-7-8-20/h3-6,10-11,13-15,20,23,26,32H,2,7-9H2,1H3,(H,31,33)/t15-,23-,26?/m1/s1/i26D. The number of benzene rings is 2. The topological polar surface area (TPSA) is 91.5 Å². The molecule has 36 heavy (non-hydrogen) atoms. The van der Waals surface area contributed by atoms with E-state index in [4.69, 9.17) is 11.6 Å². The first kappa shape index (κ1) is 21.6. The maximum absolute atomic E-state index is 13.8. The van der Waals surface area contributed by atoms with E-state index in [1.165, 1.54) is 18.3 Å². The van der Waals surface area contributed by atoms with E-state index in [1.807, 2.05) is 6.07 Å². The molecule has 0 bridgehead atoms. The summed E-state index contributed by atoms with van der Waals surface area (Å²) in [6.45, 7) is 2.16. The molecule has 3 atom stereocenters. The van der Waals surface area contributed by atoms with E-state index in [0.717, 1.165) is 25.7 Å². The Bertz CT molecular complexity index is 1530. The van der Waals surface area contributed by atoms with Gasteiger partial charge in [0.05, 0.1) is 41.4 Å². The van der Waals surface area contributed by atoms with Gasteiger partial charge in [0, 0.05) is 23.3 Å². The largest absolute Gasteiger partial charge is 0.380 e. The first-order chi connectivity index (χ1) is 17.9. The van der Waals surface area contributed by atoms with E-state index in [0.29, 0.717) is 62.1 Å². The molecule has 2 N–H and O–H groups in total. The Kier molecular flexibility index (Phi) is 5.43. The number of rotatable bonds is 8. The number of nitrogens with zero attached hydrogens (tertiary/aromatic N) is 5. The van der Waals surface area contributed by atoms with Crippen molar-refractivity contribution in [1.29, 1.82) is 5.26 Å². The van der Waals surface area contributed by atoms with Crippen molar-refractivity contribution in [3.05, 3.63) is 76.5 Å². The van der Waals surface area contributed by atoms with Crippen LogP contribution in [0.5, 0.6) is 0 Å². The zero-order valence-corrected chi connectivity index (χ0v) is 20.4. The number of hydrogen-bond donors (Lipinski definition) is 2. The van der Waals surface area contributed by atoms with Crippen molar-refractivity contribution >= 4 is 33.9 Å². The van der Waals surface area contributed by atoms with Crippen molar-refractivity contribution < 1.29 is 5.76 Å². The van der Waals surface area contributed by atoms with Crippen LogP contribution < -0.4 is 10.6 Å². The van der Waals surface area contributed by atoms with E-state index in [2.05, 4.69) is 38.9 Å². The molecule has 6 rings (SSSR count). The molecule has 0 spiro atoms. The lowest BCUT2D eigenvalue weighted by Gasteiger charge is -2.20. The number of pyridine rings is 1. The van der Waals surface area contributed by atoms with E-state index in [1.54, 1.807) is 29.1 Å². The number of nitriles is 1. The van der Waals surface area contributed by atoms with Gasteiger partial charge in [0.1, 0.15) is 17.6 Å². The molecule has 9 heteroatoms. The van der Waals surface area contributed by atoms with Crippen LogP contribution >= 0.6 is 11.6 Å². The van der Waals surface area contributed by atoms with Crippen LogP contribution in [-0.2, 0) is 0 Å². The number of fused-ring (bicyclic) bond motifs is 1. The number of hydrogen-bond acceptors (Lipinski definition) is 6. The number of nitrogens with one attached hydrogen (secondary N) is 2. The second-order valence-electron chi connectivity index (χ2n) is 9.49. The third kappa shape index (κ3) is 4.35. The van der Waals surface area contributed by atoms with E-state index in [9.17, 15) is 11.0 Å². The highest BCUT2D eigenvalue weighted by atomic mass is 35.5. The van der Waals surface area contributed by atoms with Crippen LogP contribution in [-0.4, -0.2) is 26.0 Å². The lowest BCUT2D eigenvalue weighted by Crippen LogP contribution is -2.13. The summed E-state index contributed by atoms with van der Waals surface area (Å²) in [6.07, 6.45) is 7.48. The Balaban J connectivity index is 1.45. The molecule has 7 nitrogen and oxygen atoms in total. The highest BCUT2D eigenvalue weighted by Gasteiger charge is 2.36. The van der Waals surface area contributed by atoms with E-state index >= 15 is 0 Å². The lowest BCUT2D eigenvalue weighted by molar-refractivity contribution is 0.610. The van der Waals surface area contributed by atoms with Gasteiger partial charge < -0.3 is 10.6 Å². The fourth-order valence-electron chi connectivity index (χ4n) is 4.59. The van der Waals surface area contributed by atoms with Gasteiger partial charge in [-0.25, -0.2) is 9.07 Å². The first-order valence-corrected chi connectivity index (χ1v) is 12.5. The van der Waals surface area contributed by atoms with Crippen LogP contribution in [0.4, 0.5) is 15.8 Å². The van der Waals surface area contributed by atoms with Crippen molar-refractivity contribution in [2.75, 3.05) is 10.6 Å². The monoisotopic (exact) mass is 502 g/mol. The van der Waals surface area contributed by atoms with Gasteiger partial charge in [0.2, 0.25) is 0 Å². The van der Waals surface area contributed by atoms with Crippen molar-refractivity contribution in [1.82, 2.24) is 20.0 Å². The second-order valence-corrected chi connectivity index (χ2v) is 9.90. The Labute approximate surface area is 214 Å². The molecule has 2 heterocycles. The van der Waals surface area contributed by atoms with Gasteiger partial charge in [0.15, 0.2) is 0 Å². The van der Waals surface area contributed by atoms with Crippen molar-refractivity contribution in [2.45, 2.75) is 50.7 Å². The van der Waals surface area contributed by atoms with Gasteiger partial charge in [-0.1, -0.05) is 42.3 Å². The smallest absolute Gasteiger partial charge is 0.123 e. The Morgan fingerprint density at radius 3 is 2.81 bits per heavy atom. The molecule has 2 aliphatic carbocycles. The third-order valence-corrected chi connectivity index (χ3v) is 7.20. The van der Waals surface area contributed by atoms with Crippen LogP contribution in [0.25, 0.3) is 10.9 Å². The normalized spacial score (nSPS) is 20.9. The summed E-state index contributed by atoms with van der Waals surface area (Å²) in [5.74, 6) is 0.178. The predicted octanol–water partition coefficient (Wildman–Crippen LogP) is 6.24. The molecule has 2 aromatic carbocycles. The number of aromatic nitrogens is 4. The molecular formula is C27H25ClFN7. The fraction of sp³-hybridized carbons (Fsp3) is 0.333. The zero-order chi connectivity index (χ0) is 25.7. The third-order valence-electron chi connectivity index (χ3n) is 6.91. The average molecular weight is 503 g/mol. The van der Waals surface area contributed by atoms with Gasteiger partial charge >= 0.3 is 0 Å². The Morgan fingerprint density at radius 2 is 2.11 bits per heavy atom. The highest BCUT2D eigenvalue weighted by molar-refractivity contribution is 6.35. The fourth-order valence-corrected chi connectivity index (χ4v) is 4.85.